The number of aliphatic imine (C=N–C) groups is 1. The maximum Gasteiger partial charge on any atom is 0.193 e. The first kappa shape index (κ1) is 21.0. The number of hydrogen-bond donors (Lipinski definition) is 1. The number of sulfone groups is 1. The Labute approximate surface area is 158 Å². The minimum Gasteiger partial charge on any atom is -0.357 e. The number of rotatable bonds is 5. The van der Waals surface area contributed by atoms with Crippen LogP contribution in [0.1, 0.15) is 52.4 Å². The zero-order chi connectivity index (χ0) is 16.1. The van der Waals surface area contributed by atoms with Crippen molar-refractivity contribution in [1.82, 2.24) is 10.2 Å². The molecule has 1 heterocycles. The van der Waals surface area contributed by atoms with Crippen molar-refractivity contribution in [2.24, 2.45) is 10.4 Å². The second-order valence-electron chi connectivity index (χ2n) is 6.70. The number of likely N-dealkylation sites (tertiary alicyclic amines) is 1. The lowest BCUT2D eigenvalue weighted by molar-refractivity contribution is 0.203. The van der Waals surface area contributed by atoms with Crippen molar-refractivity contribution in [1.29, 1.82) is 0 Å². The number of guanidine groups is 1. The molecule has 2 rings (SSSR count). The molecule has 1 N–H and O–H groups in total. The van der Waals surface area contributed by atoms with Crippen LogP contribution in [0.25, 0.3) is 0 Å². The monoisotopic (exact) mass is 457 g/mol. The summed E-state index contributed by atoms with van der Waals surface area (Å²) >= 11 is 0. The van der Waals surface area contributed by atoms with Gasteiger partial charge in [-0.05, 0) is 31.6 Å². The normalized spacial score (nSPS) is 21.3. The first-order chi connectivity index (χ1) is 10.5. The molecule has 0 unspecified atom stereocenters. The van der Waals surface area contributed by atoms with Crippen LogP contribution in [0, 0.1) is 5.41 Å². The van der Waals surface area contributed by atoms with Crippen LogP contribution >= 0.6 is 24.0 Å². The molecular weight excluding hydrogens is 425 g/mol. The standard InChI is InChI=1S/C16H31N3O2S.HI/c1-3-17-15(18-11-13-22(20,21)4-2)19-12-10-16(14-19)8-6-5-7-9-16;/h3-14H2,1-2H3,(H,17,18);1H. The van der Waals surface area contributed by atoms with Crippen molar-refractivity contribution < 1.29 is 8.42 Å². The van der Waals surface area contributed by atoms with Gasteiger partial charge in [0, 0.05) is 25.4 Å². The minimum atomic E-state index is -2.93. The molecule has 0 aromatic heterocycles. The van der Waals surface area contributed by atoms with Gasteiger partial charge in [-0.25, -0.2) is 8.42 Å². The van der Waals surface area contributed by atoms with E-state index in [0.29, 0.717) is 12.0 Å². The molecular formula is C16H32IN3O2S. The topological polar surface area (TPSA) is 61.8 Å². The third kappa shape index (κ3) is 6.07. The van der Waals surface area contributed by atoms with E-state index in [0.717, 1.165) is 25.6 Å². The van der Waals surface area contributed by atoms with E-state index in [2.05, 4.69) is 22.1 Å². The lowest BCUT2D eigenvalue weighted by Crippen LogP contribution is -2.42. The van der Waals surface area contributed by atoms with E-state index in [9.17, 15) is 8.42 Å². The Hall–Kier alpha value is -0.0500. The van der Waals surface area contributed by atoms with Crippen LogP contribution in [-0.4, -0.2) is 57.0 Å². The third-order valence-electron chi connectivity index (χ3n) is 5.09. The first-order valence-corrected chi connectivity index (χ1v) is 10.6. The van der Waals surface area contributed by atoms with Crippen LogP contribution in [-0.2, 0) is 9.84 Å². The van der Waals surface area contributed by atoms with E-state index >= 15 is 0 Å². The number of nitrogens with one attached hydrogen (secondary N) is 1. The Morgan fingerprint density at radius 1 is 1.17 bits per heavy atom. The summed E-state index contributed by atoms with van der Waals surface area (Å²) in [6, 6.07) is 0. The van der Waals surface area contributed by atoms with Crippen molar-refractivity contribution in [2.75, 3.05) is 37.7 Å². The number of hydrogen-bond acceptors (Lipinski definition) is 3. The van der Waals surface area contributed by atoms with Gasteiger partial charge < -0.3 is 10.2 Å². The molecule has 2 fully saturated rings. The van der Waals surface area contributed by atoms with Gasteiger partial charge in [0.1, 0.15) is 0 Å². The number of nitrogens with zero attached hydrogens (tertiary/aromatic N) is 2. The molecule has 1 aliphatic carbocycles. The maximum atomic E-state index is 11.6. The van der Waals surface area contributed by atoms with Crippen LogP contribution in [0.3, 0.4) is 0 Å². The number of halogens is 1. The Morgan fingerprint density at radius 3 is 2.48 bits per heavy atom. The lowest BCUT2D eigenvalue weighted by atomic mass is 9.73. The van der Waals surface area contributed by atoms with Crippen LogP contribution in [0.15, 0.2) is 4.99 Å². The van der Waals surface area contributed by atoms with Crippen molar-refractivity contribution >= 4 is 39.8 Å². The summed E-state index contributed by atoms with van der Waals surface area (Å²) in [5, 5.41) is 3.33. The predicted molar refractivity (Wildman–Crippen MR) is 107 cm³/mol. The maximum absolute atomic E-state index is 11.6. The second-order valence-corrected chi connectivity index (χ2v) is 9.18. The highest BCUT2D eigenvalue weighted by Crippen LogP contribution is 2.43. The molecule has 5 nitrogen and oxygen atoms in total. The van der Waals surface area contributed by atoms with Crippen LogP contribution in [0.4, 0.5) is 0 Å². The molecule has 1 saturated heterocycles. The van der Waals surface area contributed by atoms with Gasteiger partial charge in [-0.2, -0.15) is 0 Å². The summed E-state index contributed by atoms with van der Waals surface area (Å²) in [5.41, 5.74) is 0.490. The fourth-order valence-corrected chi connectivity index (χ4v) is 4.34. The quantitative estimate of drug-likeness (QED) is 0.392. The van der Waals surface area contributed by atoms with Crippen molar-refractivity contribution in [2.45, 2.75) is 52.4 Å². The van der Waals surface area contributed by atoms with Crippen LogP contribution in [0.5, 0.6) is 0 Å². The summed E-state index contributed by atoms with van der Waals surface area (Å²) in [7, 11) is -2.93. The largest absolute Gasteiger partial charge is 0.357 e. The van der Waals surface area contributed by atoms with Gasteiger partial charge >= 0.3 is 0 Å². The van der Waals surface area contributed by atoms with Gasteiger partial charge in [-0.3, -0.25) is 4.99 Å². The van der Waals surface area contributed by atoms with Crippen LogP contribution < -0.4 is 5.32 Å². The molecule has 0 radical (unpaired) electrons. The van der Waals surface area contributed by atoms with E-state index in [1.165, 1.54) is 38.5 Å². The Kier molecular flexibility index (Phi) is 8.61. The van der Waals surface area contributed by atoms with E-state index in [-0.39, 0.29) is 35.5 Å². The molecule has 1 aliphatic heterocycles. The second kappa shape index (κ2) is 9.44. The highest BCUT2D eigenvalue weighted by Gasteiger charge is 2.39. The van der Waals surface area contributed by atoms with E-state index in [1.807, 2.05) is 0 Å². The third-order valence-corrected chi connectivity index (χ3v) is 6.77. The SMILES string of the molecule is CCNC(=NCCS(=O)(=O)CC)N1CCC2(CCCCC2)C1.I. The zero-order valence-corrected chi connectivity index (χ0v) is 17.7. The van der Waals surface area contributed by atoms with Gasteiger partial charge in [0.15, 0.2) is 15.8 Å². The average molecular weight is 457 g/mol. The molecule has 0 aromatic carbocycles. The summed E-state index contributed by atoms with van der Waals surface area (Å²) in [4.78, 5) is 6.90. The summed E-state index contributed by atoms with van der Waals surface area (Å²) in [6.45, 7) is 7.07. The fourth-order valence-electron chi connectivity index (χ4n) is 3.69. The van der Waals surface area contributed by atoms with Crippen molar-refractivity contribution in [3.63, 3.8) is 0 Å². The van der Waals surface area contributed by atoms with E-state index < -0.39 is 9.84 Å². The highest BCUT2D eigenvalue weighted by molar-refractivity contribution is 14.0. The first-order valence-electron chi connectivity index (χ1n) is 8.74. The van der Waals surface area contributed by atoms with Crippen molar-refractivity contribution in [3.05, 3.63) is 0 Å². The van der Waals surface area contributed by atoms with Crippen molar-refractivity contribution in [3.8, 4) is 0 Å². The molecule has 0 amide bonds. The molecule has 23 heavy (non-hydrogen) atoms. The van der Waals surface area contributed by atoms with Crippen LogP contribution in [0.2, 0.25) is 0 Å². The Bertz CT molecular complexity index is 488. The fraction of sp³-hybridized carbons (Fsp3) is 0.938. The molecule has 2 aliphatic rings. The van der Waals surface area contributed by atoms with Gasteiger partial charge in [-0.1, -0.05) is 26.2 Å². The van der Waals surface area contributed by atoms with E-state index in [4.69, 9.17) is 0 Å². The molecule has 0 atom stereocenters. The predicted octanol–water partition coefficient (Wildman–Crippen LogP) is 2.66. The average Bonchev–Trinajstić information content (AvgIpc) is 2.90. The Balaban J connectivity index is 0.00000264. The zero-order valence-electron chi connectivity index (χ0n) is 14.5. The molecule has 0 aromatic rings. The van der Waals surface area contributed by atoms with Gasteiger partial charge in [0.05, 0.1) is 12.3 Å². The van der Waals surface area contributed by atoms with Gasteiger partial charge in [-0.15, -0.1) is 24.0 Å². The van der Waals surface area contributed by atoms with Gasteiger partial charge in [0.2, 0.25) is 0 Å². The molecule has 1 spiro atoms. The molecule has 7 heteroatoms. The Morgan fingerprint density at radius 2 is 1.87 bits per heavy atom. The summed E-state index contributed by atoms with van der Waals surface area (Å²) in [6.07, 6.45) is 8.03. The molecule has 1 saturated carbocycles. The molecule has 136 valence electrons. The lowest BCUT2D eigenvalue weighted by Gasteiger charge is -2.33. The minimum absolute atomic E-state index is 0. The smallest absolute Gasteiger partial charge is 0.193 e. The summed E-state index contributed by atoms with van der Waals surface area (Å²) in [5.74, 6) is 1.25. The summed E-state index contributed by atoms with van der Waals surface area (Å²) < 4.78 is 23.2. The van der Waals surface area contributed by atoms with E-state index in [1.54, 1.807) is 6.92 Å². The molecule has 0 bridgehead atoms. The highest BCUT2D eigenvalue weighted by atomic mass is 127. The van der Waals surface area contributed by atoms with Gasteiger partial charge in [0.25, 0.3) is 0 Å².